The second-order valence-corrected chi connectivity index (χ2v) is 5.39. The number of aliphatic hydroxyl groups is 1. The molecule has 0 aromatic heterocycles. The summed E-state index contributed by atoms with van der Waals surface area (Å²) in [7, 11) is 0. The van der Waals surface area contributed by atoms with Crippen molar-refractivity contribution in [3.05, 3.63) is 0 Å². The third-order valence-corrected chi connectivity index (χ3v) is 4.49. The predicted molar refractivity (Wildman–Crippen MR) is 61.3 cm³/mol. The van der Waals surface area contributed by atoms with Gasteiger partial charge in [0, 0.05) is 45.9 Å². The lowest BCUT2D eigenvalue weighted by Gasteiger charge is -2.29. The first kappa shape index (κ1) is 11.0. The normalized spacial score (nSPS) is 39.9. The van der Waals surface area contributed by atoms with Crippen molar-refractivity contribution < 1.29 is 9.84 Å². The molecule has 16 heavy (non-hydrogen) atoms. The van der Waals surface area contributed by atoms with Gasteiger partial charge in [0.1, 0.15) is 0 Å². The number of rotatable bonds is 4. The summed E-state index contributed by atoms with van der Waals surface area (Å²) in [6.07, 6.45) is 0. The van der Waals surface area contributed by atoms with Crippen LogP contribution in [0.1, 0.15) is 0 Å². The Morgan fingerprint density at radius 1 is 1.00 bits per heavy atom. The zero-order valence-electron chi connectivity index (χ0n) is 9.85. The molecule has 0 spiro atoms. The lowest BCUT2D eigenvalue weighted by Crippen LogP contribution is -2.41. The number of ether oxygens (including phenoxy) is 1. The summed E-state index contributed by atoms with van der Waals surface area (Å²) in [6.45, 7) is 9.24. The van der Waals surface area contributed by atoms with Crippen LogP contribution in [0, 0.1) is 17.8 Å². The van der Waals surface area contributed by atoms with Crippen LogP contribution in [0.4, 0.5) is 0 Å². The van der Waals surface area contributed by atoms with E-state index in [1.807, 2.05) is 0 Å². The van der Waals surface area contributed by atoms with Crippen molar-refractivity contribution in [2.24, 2.45) is 17.8 Å². The number of fused-ring (bicyclic) bond motifs is 1. The van der Waals surface area contributed by atoms with Crippen LogP contribution >= 0.6 is 0 Å². The van der Waals surface area contributed by atoms with Gasteiger partial charge in [-0.15, -0.1) is 0 Å². The number of nitrogens with zero attached hydrogens (tertiary/aromatic N) is 2. The van der Waals surface area contributed by atoms with E-state index in [2.05, 4.69) is 9.80 Å². The highest BCUT2D eigenvalue weighted by atomic mass is 16.5. The molecule has 1 aliphatic carbocycles. The van der Waals surface area contributed by atoms with E-state index in [4.69, 9.17) is 9.84 Å². The average molecular weight is 226 g/mol. The largest absolute Gasteiger partial charge is 0.396 e. The van der Waals surface area contributed by atoms with E-state index in [0.717, 1.165) is 38.1 Å². The average Bonchev–Trinajstić information content (AvgIpc) is 2.81. The summed E-state index contributed by atoms with van der Waals surface area (Å²) in [5, 5.41) is 9.09. The third-order valence-electron chi connectivity index (χ3n) is 4.49. The van der Waals surface area contributed by atoms with Crippen molar-refractivity contribution in [2.75, 3.05) is 59.1 Å². The Bertz CT molecular complexity index is 231. The number of piperidine rings is 1. The van der Waals surface area contributed by atoms with Gasteiger partial charge >= 0.3 is 0 Å². The molecule has 0 aromatic rings. The molecular formula is C12H22N2O2. The van der Waals surface area contributed by atoms with E-state index >= 15 is 0 Å². The van der Waals surface area contributed by atoms with Gasteiger partial charge in [0.2, 0.25) is 0 Å². The van der Waals surface area contributed by atoms with Crippen LogP contribution in [-0.2, 0) is 4.74 Å². The molecule has 2 atom stereocenters. The Hall–Kier alpha value is -0.160. The Balaban J connectivity index is 1.35. The van der Waals surface area contributed by atoms with Gasteiger partial charge in [-0.1, -0.05) is 0 Å². The fourth-order valence-corrected chi connectivity index (χ4v) is 3.30. The van der Waals surface area contributed by atoms with Crippen LogP contribution in [0.5, 0.6) is 0 Å². The summed E-state index contributed by atoms with van der Waals surface area (Å²) in [4.78, 5) is 5.06. The van der Waals surface area contributed by atoms with Crippen LogP contribution in [-0.4, -0.2) is 74.0 Å². The zero-order valence-corrected chi connectivity index (χ0v) is 9.85. The van der Waals surface area contributed by atoms with Crippen molar-refractivity contribution in [3.8, 4) is 0 Å². The van der Waals surface area contributed by atoms with Gasteiger partial charge < -0.3 is 14.7 Å². The van der Waals surface area contributed by atoms with E-state index in [0.29, 0.717) is 12.5 Å². The quantitative estimate of drug-likeness (QED) is 0.700. The Kier molecular flexibility index (Phi) is 3.16. The van der Waals surface area contributed by atoms with Crippen LogP contribution < -0.4 is 0 Å². The molecule has 0 aromatic carbocycles. The summed E-state index contributed by atoms with van der Waals surface area (Å²) in [5.41, 5.74) is 0. The molecule has 0 amide bonds. The van der Waals surface area contributed by atoms with Crippen molar-refractivity contribution in [3.63, 3.8) is 0 Å². The van der Waals surface area contributed by atoms with Crippen molar-refractivity contribution in [1.29, 1.82) is 0 Å². The first-order chi connectivity index (χ1) is 7.88. The van der Waals surface area contributed by atoms with Gasteiger partial charge in [-0.3, -0.25) is 4.90 Å². The number of hydrogen-bond acceptors (Lipinski definition) is 4. The highest BCUT2D eigenvalue weighted by Crippen LogP contribution is 2.51. The molecule has 92 valence electrons. The Morgan fingerprint density at radius 2 is 1.62 bits per heavy atom. The maximum Gasteiger partial charge on any atom is 0.0594 e. The monoisotopic (exact) mass is 226 g/mol. The molecular weight excluding hydrogens is 204 g/mol. The zero-order chi connectivity index (χ0) is 11.0. The summed E-state index contributed by atoms with van der Waals surface area (Å²) in [6, 6.07) is 0. The van der Waals surface area contributed by atoms with Gasteiger partial charge in [-0.05, 0) is 17.8 Å². The molecule has 4 heteroatoms. The standard InChI is InChI=1S/C12H22N2O2/c15-9-12-10-7-14(8-11(10)12)2-1-13-3-5-16-6-4-13/h10-12,15H,1-9H2. The van der Waals surface area contributed by atoms with Crippen LogP contribution in [0.15, 0.2) is 0 Å². The number of aliphatic hydroxyl groups excluding tert-OH is 1. The first-order valence-electron chi connectivity index (χ1n) is 6.52. The number of likely N-dealkylation sites (tertiary alicyclic amines) is 1. The fraction of sp³-hybridized carbons (Fsp3) is 1.00. The SMILES string of the molecule is OCC1C2CN(CCN3CCOCC3)CC12. The molecule has 3 rings (SSSR count). The van der Waals surface area contributed by atoms with Gasteiger partial charge in [-0.25, -0.2) is 0 Å². The minimum Gasteiger partial charge on any atom is -0.396 e. The molecule has 1 saturated carbocycles. The van der Waals surface area contributed by atoms with E-state index < -0.39 is 0 Å². The van der Waals surface area contributed by atoms with Crippen molar-refractivity contribution in [1.82, 2.24) is 9.80 Å². The van der Waals surface area contributed by atoms with Crippen LogP contribution in [0.3, 0.4) is 0 Å². The van der Waals surface area contributed by atoms with E-state index in [1.54, 1.807) is 0 Å². The second-order valence-electron chi connectivity index (χ2n) is 5.39. The third kappa shape index (κ3) is 2.12. The molecule has 2 aliphatic heterocycles. The van der Waals surface area contributed by atoms with Gasteiger partial charge in [0.15, 0.2) is 0 Å². The predicted octanol–water partition coefficient (Wildman–Crippen LogP) is -0.511. The molecule has 2 unspecified atom stereocenters. The first-order valence-corrected chi connectivity index (χ1v) is 6.52. The van der Waals surface area contributed by atoms with E-state index in [9.17, 15) is 0 Å². The maximum absolute atomic E-state index is 9.09. The van der Waals surface area contributed by atoms with Gasteiger partial charge in [0.25, 0.3) is 0 Å². The smallest absolute Gasteiger partial charge is 0.0594 e. The molecule has 2 heterocycles. The number of hydrogen-bond donors (Lipinski definition) is 1. The topological polar surface area (TPSA) is 35.9 Å². The van der Waals surface area contributed by atoms with E-state index in [-0.39, 0.29) is 0 Å². The summed E-state index contributed by atoms with van der Waals surface area (Å²) >= 11 is 0. The summed E-state index contributed by atoms with van der Waals surface area (Å²) < 4.78 is 5.34. The van der Waals surface area contributed by atoms with E-state index in [1.165, 1.54) is 26.2 Å². The van der Waals surface area contributed by atoms with Crippen LogP contribution in [0.2, 0.25) is 0 Å². The molecule has 0 radical (unpaired) electrons. The van der Waals surface area contributed by atoms with Gasteiger partial charge in [-0.2, -0.15) is 0 Å². The van der Waals surface area contributed by atoms with Gasteiger partial charge in [0.05, 0.1) is 13.2 Å². The van der Waals surface area contributed by atoms with Crippen LogP contribution in [0.25, 0.3) is 0 Å². The second kappa shape index (κ2) is 4.61. The molecule has 3 aliphatic rings. The molecule has 3 fully saturated rings. The lowest BCUT2D eigenvalue weighted by molar-refractivity contribution is 0.0336. The highest BCUT2D eigenvalue weighted by molar-refractivity contribution is 5.04. The number of morpholine rings is 1. The molecule has 2 saturated heterocycles. The van der Waals surface area contributed by atoms with Crippen molar-refractivity contribution >= 4 is 0 Å². The Morgan fingerprint density at radius 3 is 2.25 bits per heavy atom. The maximum atomic E-state index is 9.09. The minimum absolute atomic E-state index is 0.409. The molecule has 0 bridgehead atoms. The fourth-order valence-electron chi connectivity index (χ4n) is 3.30. The molecule has 4 nitrogen and oxygen atoms in total. The lowest BCUT2D eigenvalue weighted by atomic mass is 10.3. The summed E-state index contributed by atoms with van der Waals surface area (Å²) in [5.74, 6) is 2.27. The highest BCUT2D eigenvalue weighted by Gasteiger charge is 2.54. The minimum atomic E-state index is 0.409. The molecule has 1 N–H and O–H groups in total. The van der Waals surface area contributed by atoms with Crippen molar-refractivity contribution in [2.45, 2.75) is 0 Å². The Labute approximate surface area is 97.2 Å².